The largest absolute Gasteiger partial charge is 0.345 e. The highest BCUT2D eigenvalue weighted by Gasteiger charge is 2.39. The van der Waals surface area contributed by atoms with E-state index in [1.807, 2.05) is 25.1 Å². The van der Waals surface area contributed by atoms with E-state index in [1.54, 1.807) is 11.3 Å². The van der Waals surface area contributed by atoms with Crippen molar-refractivity contribution in [3.8, 4) is 11.3 Å². The van der Waals surface area contributed by atoms with E-state index < -0.39 is 0 Å². The van der Waals surface area contributed by atoms with Crippen LogP contribution >= 0.6 is 11.3 Å². The van der Waals surface area contributed by atoms with Crippen LogP contribution in [0, 0.1) is 20.8 Å². The Balaban J connectivity index is 1.54. The zero-order valence-corrected chi connectivity index (χ0v) is 16.9. The first-order valence-electron chi connectivity index (χ1n) is 9.44. The van der Waals surface area contributed by atoms with E-state index in [0.717, 1.165) is 46.9 Å². The second-order valence-corrected chi connectivity index (χ2v) is 8.53. The molecule has 0 saturated heterocycles. The molecule has 1 saturated carbocycles. The lowest BCUT2D eigenvalue weighted by Crippen LogP contribution is -2.51. The molecule has 0 spiro atoms. The van der Waals surface area contributed by atoms with Gasteiger partial charge in [-0.15, -0.1) is 11.3 Å². The molecule has 0 aliphatic heterocycles. The summed E-state index contributed by atoms with van der Waals surface area (Å²) in [4.78, 5) is 17.5. The maximum Gasteiger partial charge on any atom is 0.240 e. The minimum atomic E-state index is -0.192. The van der Waals surface area contributed by atoms with Gasteiger partial charge in [-0.1, -0.05) is 30.3 Å². The number of aryl methyl sites for hydroxylation is 2. The van der Waals surface area contributed by atoms with Crippen LogP contribution in [0.5, 0.6) is 0 Å². The summed E-state index contributed by atoms with van der Waals surface area (Å²) in [6.45, 7) is 6.48. The number of carbonyl (C=O) groups excluding carboxylic acids is 1. The number of thiazole rings is 1. The summed E-state index contributed by atoms with van der Waals surface area (Å²) < 4.78 is 2.09. The van der Waals surface area contributed by atoms with E-state index in [2.05, 4.69) is 52.3 Å². The van der Waals surface area contributed by atoms with E-state index >= 15 is 0 Å². The standard InChI is InChI=1S/C22H25N3OS/c1-15-12-19(20-14-27-17(3)23-20)16(2)25(15)13-21(26)24-22(10-7-11-22)18-8-5-4-6-9-18/h4-6,8-9,12,14H,7,10-11,13H2,1-3H3,(H,24,26). The third kappa shape index (κ3) is 3.32. The van der Waals surface area contributed by atoms with Crippen molar-refractivity contribution in [2.24, 2.45) is 0 Å². The summed E-state index contributed by atoms with van der Waals surface area (Å²) in [5, 5.41) is 6.47. The van der Waals surface area contributed by atoms with Crippen LogP contribution < -0.4 is 5.32 Å². The first-order chi connectivity index (χ1) is 13.0. The molecular formula is C22H25N3OS. The van der Waals surface area contributed by atoms with Gasteiger partial charge in [-0.2, -0.15) is 0 Å². The minimum absolute atomic E-state index is 0.0707. The number of rotatable bonds is 5. The fourth-order valence-corrected chi connectivity index (χ4v) is 4.63. The zero-order valence-electron chi connectivity index (χ0n) is 16.1. The van der Waals surface area contributed by atoms with Gasteiger partial charge in [0.2, 0.25) is 5.91 Å². The monoisotopic (exact) mass is 379 g/mol. The van der Waals surface area contributed by atoms with Crippen LogP contribution in [0.15, 0.2) is 41.8 Å². The summed E-state index contributed by atoms with van der Waals surface area (Å²) >= 11 is 1.65. The number of hydrogen-bond donors (Lipinski definition) is 1. The summed E-state index contributed by atoms with van der Waals surface area (Å²) in [6, 6.07) is 12.5. The third-order valence-electron chi connectivity index (χ3n) is 5.68. The highest BCUT2D eigenvalue weighted by molar-refractivity contribution is 7.09. The number of nitrogens with one attached hydrogen (secondary N) is 1. The Hall–Kier alpha value is -2.40. The summed E-state index contributed by atoms with van der Waals surface area (Å²) in [5.74, 6) is 0.0707. The van der Waals surface area contributed by atoms with Gasteiger partial charge in [0.25, 0.3) is 0 Å². The summed E-state index contributed by atoms with van der Waals surface area (Å²) in [5.41, 5.74) is 5.32. The molecule has 3 aromatic rings. The average Bonchev–Trinajstić information content (AvgIpc) is 3.17. The maximum atomic E-state index is 12.9. The second-order valence-electron chi connectivity index (χ2n) is 7.47. The van der Waals surface area contributed by atoms with Crippen LogP contribution in [-0.4, -0.2) is 15.5 Å². The Morgan fingerprint density at radius 3 is 2.56 bits per heavy atom. The van der Waals surface area contributed by atoms with Crippen molar-refractivity contribution in [1.82, 2.24) is 14.9 Å². The van der Waals surface area contributed by atoms with Crippen molar-refractivity contribution in [1.29, 1.82) is 0 Å². The Bertz CT molecular complexity index is 967. The lowest BCUT2D eigenvalue weighted by atomic mass is 9.72. The van der Waals surface area contributed by atoms with E-state index in [1.165, 1.54) is 5.56 Å². The smallest absolute Gasteiger partial charge is 0.240 e. The first-order valence-corrected chi connectivity index (χ1v) is 10.3. The minimum Gasteiger partial charge on any atom is -0.345 e. The molecule has 0 unspecified atom stereocenters. The summed E-state index contributed by atoms with van der Waals surface area (Å²) in [6.07, 6.45) is 3.18. The average molecular weight is 380 g/mol. The molecule has 5 heteroatoms. The quantitative estimate of drug-likeness (QED) is 0.696. The second kappa shape index (κ2) is 6.97. The maximum absolute atomic E-state index is 12.9. The fourth-order valence-electron chi connectivity index (χ4n) is 4.01. The molecule has 2 aromatic heterocycles. The SMILES string of the molecule is Cc1nc(-c2cc(C)n(CC(=O)NC3(c4ccccc4)CCC3)c2C)cs1. The highest BCUT2D eigenvalue weighted by Crippen LogP contribution is 2.41. The molecule has 27 heavy (non-hydrogen) atoms. The van der Waals surface area contributed by atoms with Gasteiger partial charge in [-0.05, 0) is 51.7 Å². The first kappa shape index (κ1) is 18.0. The van der Waals surface area contributed by atoms with Gasteiger partial charge < -0.3 is 9.88 Å². The van der Waals surface area contributed by atoms with Crippen LogP contribution in [0.2, 0.25) is 0 Å². The zero-order chi connectivity index (χ0) is 19.0. The predicted octanol–water partition coefficient (Wildman–Crippen LogP) is 4.73. The molecule has 1 N–H and O–H groups in total. The molecule has 1 fully saturated rings. The number of aromatic nitrogens is 2. The van der Waals surface area contributed by atoms with Crippen molar-refractivity contribution in [2.45, 2.75) is 52.1 Å². The Labute approximate surface area is 164 Å². The number of carbonyl (C=O) groups is 1. The van der Waals surface area contributed by atoms with Crippen molar-refractivity contribution < 1.29 is 4.79 Å². The lowest BCUT2D eigenvalue weighted by Gasteiger charge is -2.43. The van der Waals surface area contributed by atoms with Crippen LogP contribution in [0.4, 0.5) is 0 Å². The van der Waals surface area contributed by atoms with Crippen molar-refractivity contribution in [3.05, 3.63) is 63.7 Å². The van der Waals surface area contributed by atoms with E-state index in [4.69, 9.17) is 0 Å². The van der Waals surface area contributed by atoms with Crippen molar-refractivity contribution in [3.63, 3.8) is 0 Å². The molecule has 0 radical (unpaired) electrons. The highest BCUT2D eigenvalue weighted by atomic mass is 32.1. The van der Waals surface area contributed by atoms with Gasteiger partial charge in [-0.3, -0.25) is 4.79 Å². The lowest BCUT2D eigenvalue weighted by molar-refractivity contribution is -0.125. The van der Waals surface area contributed by atoms with Crippen molar-refractivity contribution >= 4 is 17.2 Å². The molecule has 2 heterocycles. The molecule has 0 atom stereocenters. The van der Waals surface area contributed by atoms with Gasteiger partial charge in [0.1, 0.15) is 6.54 Å². The molecule has 140 valence electrons. The molecule has 4 rings (SSSR count). The Morgan fingerprint density at radius 2 is 1.96 bits per heavy atom. The van der Waals surface area contributed by atoms with E-state index in [-0.39, 0.29) is 11.4 Å². The van der Waals surface area contributed by atoms with Gasteiger partial charge in [0.15, 0.2) is 0 Å². The van der Waals surface area contributed by atoms with Gasteiger partial charge >= 0.3 is 0 Å². The molecule has 1 aliphatic rings. The number of benzene rings is 1. The Morgan fingerprint density at radius 1 is 1.22 bits per heavy atom. The van der Waals surface area contributed by atoms with Crippen LogP contribution in [0.25, 0.3) is 11.3 Å². The van der Waals surface area contributed by atoms with Gasteiger partial charge in [0.05, 0.1) is 16.2 Å². The number of amides is 1. The Kier molecular flexibility index (Phi) is 4.64. The van der Waals surface area contributed by atoms with Crippen LogP contribution in [0.1, 0.15) is 41.2 Å². The topological polar surface area (TPSA) is 46.9 Å². The molecule has 1 aliphatic carbocycles. The molecular weight excluding hydrogens is 354 g/mol. The van der Waals surface area contributed by atoms with Gasteiger partial charge in [-0.25, -0.2) is 4.98 Å². The number of hydrogen-bond acceptors (Lipinski definition) is 3. The van der Waals surface area contributed by atoms with Crippen LogP contribution in [-0.2, 0) is 16.9 Å². The van der Waals surface area contributed by atoms with E-state index in [9.17, 15) is 4.79 Å². The normalized spacial score (nSPS) is 15.4. The van der Waals surface area contributed by atoms with Crippen molar-refractivity contribution in [2.75, 3.05) is 0 Å². The third-order valence-corrected chi connectivity index (χ3v) is 6.46. The molecule has 1 aromatic carbocycles. The molecule has 1 amide bonds. The molecule has 4 nitrogen and oxygen atoms in total. The van der Waals surface area contributed by atoms with E-state index in [0.29, 0.717) is 6.54 Å². The van der Waals surface area contributed by atoms with Gasteiger partial charge in [0, 0.05) is 22.3 Å². The summed E-state index contributed by atoms with van der Waals surface area (Å²) in [7, 11) is 0. The number of nitrogens with zero attached hydrogens (tertiary/aromatic N) is 2. The molecule has 0 bridgehead atoms. The van der Waals surface area contributed by atoms with Crippen LogP contribution in [0.3, 0.4) is 0 Å². The fraction of sp³-hybridized carbons (Fsp3) is 0.364. The predicted molar refractivity (Wildman–Crippen MR) is 110 cm³/mol.